The molecule has 0 aliphatic rings. The number of carbonyl (C=O) groups excluding carboxylic acids is 1. The fourth-order valence-electron chi connectivity index (χ4n) is 1.28. The monoisotopic (exact) mass is 348 g/mol. The van der Waals surface area contributed by atoms with Gasteiger partial charge in [-0.3, -0.25) is 0 Å². The van der Waals surface area contributed by atoms with E-state index in [2.05, 4.69) is 22.6 Å². The molecule has 1 aromatic rings. The largest absolute Gasteiger partial charge is 0.482 e. The predicted molar refractivity (Wildman–Crippen MR) is 75.2 cm³/mol. The fraction of sp³-hybridized carbons (Fsp3) is 0.462. The summed E-state index contributed by atoms with van der Waals surface area (Å²) in [5.74, 6) is 0.367. The Labute approximate surface area is 116 Å². The van der Waals surface area contributed by atoms with E-state index in [0.29, 0.717) is 0 Å². The molecule has 0 bridgehead atoms. The third kappa shape index (κ3) is 5.39. The molecular formula is C13H17IO3. The summed E-state index contributed by atoms with van der Waals surface area (Å²) < 4.78 is 11.7. The van der Waals surface area contributed by atoms with Crippen molar-refractivity contribution < 1.29 is 14.3 Å². The Balaban J connectivity index is 2.53. The van der Waals surface area contributed by atoms with Crippen LogP contribution in [-0.4, -0.2) is 18.2 Å². The number of ether oxygens (including phenoxy) is 2. The molecule has 94 valence electrons. The minimum absolute atomic E-state index is 0.0568. The highest BCUT2D eigenvalue weighted by Gasteiger charge is 2.16. The Hall–Kier alpha value is -0.780. The van der Waals surface area contributed by atoms with E-state index in [9.17, 15) is 4.79 Å². The zero-order chi connectivity index (χ0) is 13.1. The first-order valence-electron chi connectivity index (χ1n) is 5.39. The summed E-state index contributed by atoms with van der Waals surface area (Å²) in [7, 11) is 0. The highest BCUT2D eigenvalue weighted by Crippen LogP contribution is 2.20. The minimum Gasteiger partial charge on any atom is -0.482 e. The first-order valence-corrected chi connectivity index (χ1v) is 6.46. The van der Waals surface area contributed by atoms with Gasteiger partial charge in [-0.15, -0.1) is 0 Å². The van der Waals surface area contributed by atoms with Gasteiger partial charge in [0.1, 0.15) is 11.4 Å². The van der Waals surface area contributed by atoms with Crippen molar-refractivity contribution in [3.63, 3.8) is 0 Å². The van der Waals surface area contributed by atoms with Gasteiger partial charge in [0.2, 0.25) is 0 Å². The number of hydrogen-bond acceptors (Lipinski definition) is 3. The van der Waals surface area contributed by atoms with Crippen molar-refractivity contribution >= 4 is 28.6 Å². The van der Waals surface area contributed by atoms with Crippen LogP contribution < -0.4 is 4.74 Å². The van der Waals surface area contributed by atoms with Gasteiger partial charge in [-0.25, -0.2) is 4.79 Å². The molecule has 0 aliphatic carbocycles. The van der Waals surface area contributed by atoms with Crippen molar-refractivity contribution in [2.75, 3.05) is 6.61 Å². The average molecular weight is 348 g/mol. The van der Waals surface area contributed by atoms with Gasteiger partial charge in [-0.2, -0.15) is 0 Å². The predicted octanol–water partition coefficient (Wildman–Crippen LogP) is 3.32. The van der Waals surface area contributed by atoms with Crippen LogP contribution in [0.1, 0.15) is 26.3 Å². The molecule has 3 nitrogen and oxygen atoms in total. The molecule has 0 heterocycles. The normalized spacial score (nSPS) is 11.1. The van der Waals surface area contributed by atoms with E-state index in [-0.39, 0.29) is 12.6 Å². The van der Waals surface area contributed by atoms with Crippen molar-refractivity contribution in [3.8, 4) is 5.75 Å². The number of halogens is 1. The number of rotatable bonds is 3. The molecule has 0 aliphatic heterocycles. The van der Waals surface area contributed by atoms with E-state index in [1.165, 1.54) is 0 Å². The smallest absolute Gasteiger partial charge is 0.344 e. The van der Waals surface area contributed by atoms with Crippen LogP contribution in [0, 0.1) is 10.5 Å². The van der Waals surface area contributed by atoms with Gasteiger partial charge in [-0.05, 0) is 74.0 Å². The van der Waals surface area contributed by atoms with E-state index < -0.39 is 5.60 Å². The lowest BCUT2D eigenvalue weighted by Gasteiger charge is -2.19. The van der Waals surface area contributed by atoms with Gasteiger partial charge in [0.15, 0.2) is 6.61 Å². The molecule has 0 atom stereocenters. The zero-order valence-electron chi connectivity index (χ0n) is 10.5. The Morgan fingerprint density at radius 1 is 1.35 bits per heavy atom. The van der Waals surface area contributed by atoms with E-state index >= 15 is 0 Å². The van der Waals surface area contributed by atoms with Gasteiger partial charge in [0, 0.05) is 3.57 Å². The number of benzene rings is 1. The van der Waals surface area contributed by atoms with Crippen LogP contribution in [0.2, 0.25) is 0 Å². The van der Waals surface area contributed by atoms with Crippen molar-refractivity contribution in [1.82, 2.24) is 0 Å². The van der Waals surface area contributed by atoms with Gasteiger partial charge >= 0.3 is 5.97 Å². The maximum Gasteiger partial charge on any atom is 0.344 e. The fourth-order valence-corrected chi connectivity index (χ4v) is 1.93. The second kappa shape index (κ2) is 5.71. The van der Waals surface area contributed by atoms with E-state index in [0.717, 1.165) is 14.9 Å². The van der Waals surface area contributed by atoms with E-state index in [1.807, 2.05) is 45.9 Å². The molecule has 0 N–H and O–H groups in total. The molecule has 0 spiro atoms. The third-order valence-corrected chi connectivity index (χ3v) is 2.57. The molecule has 1 rings (SSSR count). The van der Waals surface area contributed by atoms with Gasteiger partial charge in [0.05, 0.1) is 0 Å². The summed E-state index contributed by atoms with van der Waals surface area (Å²) in [5, 5.41) is 0. The summed E-state index contributed by atoms with van der Waals surface area (Å²) in [6.45, 7) is 7.40. The minimum atomic E-state index is -0.471. The van der Waals surface area contributed by atoms with Crippen LogP contribution >= 0.6 is 22.6 Å². The molecule has 17 heavy (non-hydrogen) atoms. The number of carbonyl (C=O) groups is 1. The Morgan fingerprint density at radius 3 is 2.53 bits per heavy atom. The van der Waals surface area contributed by atoms with Gasteiger partial charge < -0.3 is 9.47 Å². The first kappa shape index (κ1) is 14.3. The lowest BCUT2D eigenvalue weighted by atomic mass is 10.2. The number of aryl methyl sites for hydroxylation is 1. The molecule has 0 unspecified atom stereocenters. The third-order valence-electron chi connectivity index (χ3n) is 1.90. The standard InChI is InChI=1S/C13H17IO3/c1-9-7-10(14)5-6-11(9)16-8-12(15)17-13(2,3)4/h5-7H,8H2,1-4H3. The van der Waals surface area contributed by atoms with Crippen molar-refractivity contribution in [3.05, 3.63) is 27.3 Å². The van der Waals surface area contributed by atoms with Crippen LogP contribution in [0.15, 0.2) is 18.2 Å². The number of hydrogen-bond donors (Lipinski definition) is 0. The Bertz CT molecular complexity index is 408. The quantitative estimate of drug-likeness (QED) is 0.621. The summed E-state index contributed by atoms with van der Waals surface area (Å²) >= 11 is 2.23. The Kier molecular flexibility index (Phi) is 4.80. The SMILES string of the molecule is Cc1cc(I)ccc1OCC(=O)OC(C)(C)C. The molecule has 0 saturated heterocycles. The first-order chi connectivity index (χ1) is 7.78. The highest BCUT2D eigenvalue weighted by atomic mass is 127. The van der Waals surface area contributed by atoms with Crippen molar-refractivity contribution in [1.29, 1.82) is 0 Å². The van der Waals surface area contributed by atoms with Gasteiger partial charge in [-0.1, -0.05) is 0 Å². The van der Waals surface area contributed by atoms with E-state index in [1.54, 1.807) is 0 Å². The van der Waals surface area contributed by atoms with Crippen LogP contribution in [0.25, 0.3) is 0 Å². The summed E-state index contributed by atoms with van der Waals surface area (Å²) in [6, 6.07) is 5.81. The molecule has 0 amide bonds. The summed E-state index contributed by atoms with van der Waals surface area (Å²) in [4.78, 5) is 11.5. The number of esters is 1. The summed E-state index contributed by atoms with van der Waals surface area (Å²) in [5.41, 5.74) is 0.544. The van der Waals surface area contributed by atoms with Crippen molar-refractivity contribution in [2.24, 2.45) is 0 Å². The van der Waals surface area contributed by atoms with Gasteiger partial charge in [0.25, 0.3) is 0 Å². The lowest BCUT2D eigenvalue weighted by molar-refractivity contribution is -0.157. The maximum absolute atomic E-state index is 11.5. The van der Waals surface area contributed by atoms with Crippen molar-refractivity contribution in [2.45, 2.75) is 33.3 Å². The van der Waals surface area contributed by atoms with Crippen LogP contribution in [0.3, 0.4) is 0 Å². The molecule has 0 aromatic heterocycles. The summed E-state index contributed by atoms with van der Waals surface area (Å²) in [6.07, 6.45) is 0. The lowest BCUT2D eigenvalue weighted by Crippen LogP contribution is -2.27. The molecular weight excluding hydrogens is 331 g/mol. The molecule has 0 fully saturated rings. The second-order valence-corrected chi connectivity index (χ2v) is 6.03. The Morgan fingerprint density at radius 2 is 2.00 bits per heavy atom. The van der Waals surface area contributed by atoms with Crippen LogP contribution in [-0.2, 0) is 9.53 Å². The topological polar surface area (TPSA) is 35.5 Å². The molecule has 1 aromatic carbocycles. The molecule has 0 saturated carbocycles. The van der Waals surface area contributed by atoms with Crippen LogP contribution in [0.4, 0.5) is 0 Å². The average Bonchev–Trinajstić information content (AvgIpc) is 2.13. The highest BCUT2D eigenvalue weighted by molar-refractivity contribution is 14.1. The molecule has 4 heteroatoms. The molecule has 0 radical (unpaired) electrons. The maximum atomic E-state index is 11.5. The second-order valence-electron chi connectivity index (χ2n) is 4.78. The van der Waals surface area contributed by atoms with E-state index in [4.69, 9.17) is 9.47 Å². The van der Waals surface area contributed by atoms with Crippen LogP contribution in [0.5, 0.6) is 5.75 Å². The zero-order valence-corrected chi connectivity index (χ0v) is 12.7.